The fraction of sp³-hybridized carbons (Fsp3) is 0.250. The number of halogens is 1. The van der Waals surface area contributed by atoms with Crippen molar-refractivity contribution in [2.24, 2.45) is 0 Å². The van der Waals surface area contributed by atoms with Gasteiger partial charge in [0.15, 0.2) is 0 Å². The van der Waals surface area contributed by atoms with Gasteiger partial charge < -0.3 is 5.32 Å². The smallest absolute Gasteiger partial charge is 0.123 e. The van der Waals surface area contributed by atoms with Gasteiger partial charge in [-0.25, -0.2) is 9.37 Å². The summed E-state index contributed by atoms with van der Waals surface area (Å²) in [7, 11) is 1.90. The van der Waals surface area contributed by atoms with Crippen LogP contribution in [0.2, 0.25) is 0 Å². The highest BCUT2D eigenvalue weighted by Gasteiger charge is 2.08. The van der Waals surface area contributed by atoms with Gasteiger partial charge >= 0.3 is 0 Å². The third-order valence-electron chi connectivity index (χ3n) is 2.33. The Bertz CT molecular complexity index is 494. The second kappa shape index (κ2) is 4.72. The summed E-state index contributed by atoms with van der Waals surface area (Å²) >= 11 is 1.59. The van der Waals surface area contributed by atoms with Gasteiger partial charge in [0, 0.05) is 23.2 Å². The molecule has 0 bridgehead atoms. The van der Waals surface area contributed by atoms with Gasteiger partial charge in [0.25, 0.3) is 0 Å². The molecule has 0 amide bonds. The third kappa shape index (κ3) is 2.28. The van der Waals surface area contributed by atoms with Crippen LogP contribution in [0.3, 0.4) is 0 Å². The van der Waals surface area contributed by atoms with Crippen LogP contribution in [0.1, 0.15) is 10.4 Å². The van der Waals surface area contributed by atoms with Crippen molar-refractivity contribution in [2.45, 2.75) is 13.5 Å². The molecule has 0 saturated heterocycles. The first-order chi connectivity index (χ1) is 7.70. The molecular weight excluding hydrogens is 223 g/mol. The molecule has 0 aliphatic rings. The summed E-state index contributed by atoms with van der Waals surface area (Å²) in [5, 5.41) is 3.95. The summed E-state index contributed by atoms with van der Waals surface area (Å²) in [5.74, 6) is -0.217. The standard InChI is InChI=1S/C12H13FN2S/c1-8-3-4-9(13)5-11(8)12-15-7-10(16-12)6-14-2/h3-5,7,14H,6H2,1-2H3. The SMILES string of the molecule is CNCc1cnc(-c2cc(F)ccc2C)s1. The Labute approximate surface area is 98.2 Å². The zero-order valence-electron chi connectivity index (χ0n) is 9.25. The highest BCUT2D eigenvalue weighted by molar-refractivity contribution is 7.15. The summed E-state index contributed by atoms with van der Waals surface area (Å²) in [6.07, 6.45) is 1.83. The minimum Gasteiger partial charge on any atom is -0.315 e. The topological polar surface area (TPSA) is 24.9 Å². The van der Waals surface area contributed by atoms with E-state index in [1.54, 1.807) is 17.4 Å². The van der Waals surface area contributed by atoms with E-state index in [2.05, 4.69) is 10.3 Å². The van der Waals surface area contributed by atoms with Crippen molar-refractivity contribution in [3.05, 3.63) is 40.7 Å². The molecule has 0 aliphatic carbocycles. The minimum atomic E-state index is -0.217. The third-order valence-corrected chi connectivity index (χ3v) is 3.37. The summed E-state index contributed by atoms with van der Waals surface area (Å²) in [6.45, 7) is 2.76. The largest absolute Gasteiger partial charge is 0.315 e. The Morgan fingerprint density at radius 2 is 2.25 bits per heavy atom. The number of aryl methyl sites for hydroxylation is 1. The molecule has 1 heterocycles. The van der Waals surface area contributed by atoms with Gasteiger partial charge in [-0.2, -0.15) is 0 Å². The first-order valence-electron chi connectivity index (χ1n) is 5.06. The quantitative estimate of drug-likeness (QED) is 0.886. The summed E-state index contributed by atoms with van der Waals surface area (Å²) in [6, 6.07) is 4.79. The van der Waals surface area contributed by atoms with E-state index in [9.17, 15) is 4.39 Å². The van der Waals surface area contributed by atoms with Crippen LogP contribution in [-0.4, -0.2) is 12.0 Å². The first-order valence-corrected chi connectivity index (χ1v) is 5.88. The van der Waals surface area contributed by atoms with Crippen molar-refractivity contribution in [3.8, 4) is 10.6 Å². The molecule has 0 spiro atoms. The molecule has 84 valence electrons. The van der Waals surface area contributed by atoms with E-state index in [4.69, 9.17) is 0 Å². The van der Waals surface area contributed by atoms with Crippen molar-refractivity contribution in [2.75, 3.05) is 7.05 Å². The fourth-order valence-electron chi connectivity index (χ4n) is 1.51. The van der Waals surface area contributed by atoms with Crippen LogP contribution in [0.4, 0.5) is 4.39 Å². The highest BCUT2D eigenvalue weighted by atomic mass is 32.1. The summed E-state index contributed by atoms with van der Waals surface area (Å²) < 4.78 is 13.2. The van der Waals surface area contributed by atoms with Crippen molar-refractivity contribution in [1.29, 1.82) is 0 Å². The predicted octanol–water partition coefficient (Wildman–Crippen LogP) is 2.98. The van der Waals surface area contributed by atoms with Crippen LogP contribution in [0, 0.1) is 12.7 Å². The maximum atomic E-state index is 13.2. The van der Waals surface area contributed by atoms with Gasteiger partial charge in [0.2, 0.25) is 0 Å². The number of nitrogens with one attached hydrogen (secondary N) is 1. The van der Waals surface area contributed by atoms with Crippen LogP contribution >= 0.6 is 11.3 Å². The highest BCUT2D eigenvalue weighted by Crippen LogP contribution is 2.28. The molecule has 0 atom stereocenters. The predicted molar refractivity (Wildman–Crippen MR) is 65.0 cm³/mol. The zero-order chi connectivity index (χ0) is 11.5. The zero-order valence-corrected chi connectivity index (χ0v) is 10.1. The molecule has 0 saturated carbocycles. The van der Waals surface area contributed by atoms with Crippen LogP contribution < -0.4 is 5.32 Å². The molecule has 2 aromatic rings. The molecule has 1 N–H and O–H groups in total. The number of nitrogens with zero attached hydrogens (tertiary/aromatic N) is 1. The van der Waals surface area contributed by atoms with Gasteiger partial charge in [0.1, 0.15) is 10.8 Å². The lowest BCUT2D eigenvalue weighted by atomic mass is 10.1. The van der Waals surface area contributed by atoms with Gasteiger partial charge in [-0.1, -0.05) is 6.07 Å². The van der Waals surface area contributed by atoms with Crippen molar-refractivity contribution < 1.29 is 4.39 Å². The number of rotatable bonds is 3. The van der Waals surface area contributed by atoms with E-state index in [0.717, 1.165) is 27.6 Å². The minimum absolute atomic E-state index is 0.217. The maximum Gasteiger partial charge on any atom is 0.123 e. The molecule has 2 nitrogen and oxygen atoms in total. The van der Waals surface area contributed by atoms with E-state index in [1.165, 1.54) is 12.1 Å². The Morgan fingerprint density at radius 1 is 1.44 bits per heavy atom. The molecule has 16 heavy (non-hydrogen) atoms. The normalized spacial score (nSPS) is 10.7. The van der Waals surface area contributed by atoms with Crippen LogP contribution in [0.5, 0.6) is 0 Å². The number of aromatic nitrogens is 1. The van der Waals surface area contributed by atoms with Crippen molar-refractivity contribution in [3.63, 3.8) is 0 Å². The first kappa shape index (κ1) is 11.2. The second-order valence-electron chi connectivity index (χ2n) is 3.62. The van der Waals surface area contributed by atoms with E-state index in [0.29, 0.717) is 0 Å². The van der Waals surface area contributed by atoms with E-state index < -0.39 is 0 Å². The monoisotopic (exact) mass is 236 g/mol. The molecular formula is C12H13FN2S. The Balaban J connectivity index is 2.38. The average Bonchev–Trinajstić information content (AvgIpc) is 2.71. The number of benzene rings is 1. The lowest BCUT2D eigenvalue weighted by Gasteiger charge is -2.01. The Hall–Kier alpha value is -1.26. The van der Waals surface area contributed by atoms with E-state index in [-0.39, 0.29) is 5.82 Å². The molecule has 1 aromatic carbocycles. The molecule has 0 aliphatic heterocycles. The Morgan fingerprint density at radius 3 is 3.00 bits per heavy atom. The molecule has 0 unspecified atom stereocenters. The van der Waals surface area contributed by atoms with Gasteiger partial charge in [-0.3, -0.25) is 0 Å². The van der Waals surface area contributed by atoms with Crippen molar-refractivity contribution in [1.82, 2.24) is 10.3 Å². The molecule has 4 heteroatoms. The number of thiazole rings is 1. The van der Waals surface area contributed by atoms with Crippen LogP contribution in [0.25, 0.3) is 10.6 Å². The van der Waals surface area contributed by atoms with E-state index in [1.807, 2.05) is 20.2 Å². The lowest BCUT2D eigenvalue weighted by molar-refractivity contribution is 0.628. The Kier molecular flexibility index (Phi) is 3.31. The van der Waals surface area contributed by atoms with Gasteiger partial charge in [0.05, 0.1) is 0 Å². The average molecular weight is 236 g/mol. The molecule has 0 fully saturated rings. The molecule has 0 radical (unpaired) electrons. The van der Waals surface area contributed by atoms with Crippen LogP contribution in [0.15, 0.2) is 24.4 Å². The van der Waals surface area contributed by atoms with Gasteiger partial charge in [-0.05, 0) is 31.7 Å². The number of hydrogen-bond acceptors (Lipinski definition) is 3. The lowest BCUT2D eigenvalue weighted by Crippen LogP contribution is -2.02. The second-order valence-corrected chi connectivity index (χ2v) is 4.74. The summed E-state index contributed by atoms with van der Waals surface area (Å²) in [4.78, 5) is 5.47. The van der Waals surface area contributed by atoms with Gasteiger partial charge in [-0.15, -0.1) is 11.3 Å². The molecule has 2 rings (SSSR count). The maximum absolute atomic E-state index is 13.2. The van der Waals surface area contributed by atoms with Crippen LogP contribution in [-0.2, 0) is 6.54 Å². The van der Waals surface area contributed by atoms with E-state index >= 15 is 0 Å². The summed E-state index contributed by atoms with van der Waals surface area (Å²) in [5.41, 5.74) is 1.93. The number of hydrogen-bond donors (Lipinski definition) is 1. The van der Waals surface area contributed by atoms with Crippen molar-refractivity contribution >= 4 is 11.3 Å². The molecule has 1 aromatic heterocycles. The fourth-order valence-corrected chi connectivity index (χ4v) is 2.52.